The van der Waals surface area contributed by atoms with Gasteiger partial charge in [0.1, 0.15) is 0 Å². The van der Waals surface area contributed by atoms with Crippen molar-refractivity contribution in [1.29, 1.82) is 0 Å². The zero-order chi connectivity index (χ0) is 9.80. The van der Waals surface area contributed by atoms with Gasteiger partial charge in [0.25, 0.3) is 0 Å². The van der Waals surface area contributed by atoms with Gasteiger partial charge in [0.05, 0.1) is 0 Å². The van der Waals surface area contributed by atoms with E-state index < -0.39 is 0 Å². The molecule has 76 valence electrons. The van der Waals surface area contributed by atoms with E-state index in [0.29, 0.717) is 5.92 Å². The molecule has 0 saturated carbocycles. The van der Waals surface area contributed by atoms with E-state index in [2.05, 4.69) is 33.0 Å². The number of rotatable bonds is 2. The van der Waals surface area contributed by atoms with Crippen molar-refractivity contribution in [2.24, 2.45) is 0 Å². The summed E-state index contributed by atoms with van der Waals surface area (Å²) in [5, 5.41) is 0.908. The van der Waals surface area contributed by atoms with E-state index in [-0.39, 0.29) is 0 Å². The molecule has 0 N–H and O–H groups in total. The summed E-state index contributed by atoms with van der Waals surface area (Å²) in [6.45, 7) is 1.76. The molecule has 1 fully saturated rings. The second-order valence-electron chi connectivity index (χ2n) is 3.61. The van der Waals surface area contributed by atoms with Gasteiger partial charge in [-0.1, -0.05) is 15.9 Å². The van der Waals surface area contributed by atoms with E-state index in [9.17, 15) is 0 Å². The molecule has 2 rings (SSSR count). The molecule has 0 amide bonds. The second-order valence-corrected chi connectivity index (χ2v) is 4.17. The monoisotopic (exact) mass is 255 g/mol. The van der Waals surface area contributed by atoms with Crippen LogP contribution in [0.1, 0.15) is 30.0 Å². The van der Waals surface area contributed by atoms with Crippen molar-refractivity contribution in [3.8, 4) is 0 Å². The third kappa shape index (κ3) is 2.34. The zero-order valence-electron chi connectivity index (χ0n) is 8.08. The van der Waals surface area contributed by atoms with Gasteiger partial charge in [0, 0.05) is 36.4 Å². The average Bonchev–Trinajstić information content (AvgIpc) is 2.30. The first kappa shape index (κ1) is 10.1. The fourth-order valence-electron chi connectivity index (χ4n) is 1.79. The molecule has 2 nitrogen and oxygen atoms in total. The Kier molecular flexibility index (Phi) is 3.54. The smallest absolute Gasteiger partial charge is 0.0472 e. The molecule has 1 aliphatic rings. The maximum atomic E-state index is 5.34. The first-order valence-electron chi connectivity index (χ1n) is 4.98. The Morgan fingerprint density at radius 1 is 1.43 bits per heavy atom. The van der Waals surface area contributed by atoms with Gasteiger partial charge in [0.2, 0.25) is 0 Å². The third-order valence-electron chi connectivity index (χ3n) is 2.64. The van der Waals surface area contributed by atoms with Crippen LogP contribution in [0.5, 0.6) is 0 Å². The van der Waals surface area contributed by atoms with Crippen LogP contribution in [0.15, 0.2) is 18.3 Å². The van der Waals surface area contributed by atoms with Crippen molar-refractivity contribution in [2.75, 3.05) is 13.2 Å². The van der Waals surface area contributed by atoms with Crippen LogP contribution in [-0.2, 0) is 10.1 Å². The highest BCUT2D eigenvalue weighted by atomic mass is 79.9. The molecule has 2 heterocycles. The van der Waals surface area contributed by atoms with Crippen LogP contribution in [0, 0.1) is 0 Å². The molecule has 1 aliphatic heterocycles. The predicted octanol–water partition coefficient (Wildman–Crippen LogP) is 2.87. The minimum atomic E-state index is 0.600. The minimum absolute atomic E-state index is 0.600. The van der Waals surface area contributed by atoms with E-state index in [1.165, 1.54) is 11.3 Å². The lowest BCUT2D eigenvalue weighted by Gasteiger charge is -2.21. The second kappa shape index (κ2) is 4.89. The molecule has 0 unspecified atom stereocenters. The summed E-state index contributed by atoms with van der Waals surface area (Å²) in [7, 11) is 0. The standard InChI is InChI=1S/C11H14BrNO/c12-8-9-1-4-13-11(7-9)10-2-5-14-6-3-10/h1,4,7,10H,2-3,5-6,8H2. The Morgan fingerprint density at radius 3 is 2.93 bits per heavy atom. The van der Waals surface area contributed by atoms with Gasteiger partial charge in [0.15, 0.2) is 0 Å². The Bertz CT molecular complexity index is 297. The van der Waals surface area contributed by atoms with E-state index in [4.69, 9.17) is 4.74 Å². The highest BCUT2D eigenvalue weighted by Crippen LogP contribution is 2.25. The largest absolute Gasteiger partial charge is 0.381 e. The van der Waals surface area contributed by atoms with Crippen molar-refractivity contribution in [3.05, 3.63) is 29.6 Å². The van der Waals surface area contributed by atoms with Crippen molar-refractivity contribution >= 4 is 15.9 Å². The zero-order valence-corrected chi connectivity index (χ0v) is 9.66. The molecule has 0 aliphatic carbocycles. The van der Waals surface area contributed by atoms with E-state index in [1.807, 2.05) is 6.20 Å². The maximum absolute atomic E-state index is 5.34. The molecule has 0 bridgehead atoms. The summed E-state index contributed by atoms with van der Waals surface area (Å²) in [5.41, 5.74) is 2.53. The summed E-state index contributed by atoms with van der Waals surface area (Å²) in [5.74, 6) is 0.600. The topological polar surface area (TPSA) is 22.1 Å². The lowest BCUT2D eigenvalue weighted by atomic mass is 9.95. The Morgan fingerprint density at radius 2 is 2.21 bits per heavy atom. The van der Waals surface area contributed by atoms with Gasteiger partial charge in [-0.2, -0.15) is 0 Å². The number of halogens is 1. The van der Waals surface area contributed by atoms with Crippen molar-refractivity contribution in [1.82, 2.24) is 4.98 Å². The van der Waals surface area contributed by atoms with E-state index in [1.54, 1.807) is 0 Å². The molecular weight excluding hydrogens is 242 g/mol. The van der Waals surface area contributed by atoms with Crippen LogP contribution in [-0.4, -0.2) is 18.2 Å². The minimum Gasteiger partial charge on any atom is -0.381 e. The van der Waals surface area contributed by atoms with Gasteiger partial charge in [-0.15, -0.1) is 0 Å². The SMILES string of the molecule is BrCc1ccnc(C2CCOCC2)c1. The molecule has 3 heteroatoms. The first-order chi connectivity index (χ1) is 6.90. The first-order valence-corrected chi connectivity index (χ1v) is 6.11. The summed E-state index contributed by atoms with van der Waals surface area (Å²) in [6, 6.07) is 4.25. The Hall–Kier alpha value is -0.410. The molecule has 0 aromatic carbocycles. The fourth-order valence-corrected chi connectivity index (χ4v) is 2.14. The molecule has 1 aromatic heterocycles. The summed E-state index contributed by atoms with van der Waals surface area (Å²) >= 11 is 3.46. The molecule has 0 atom stereocenters. The van der Waals surface area contributed by atoms with Gasteiger partial charge in [-0.3, -0.25) is 4.98 Å². The Labute approximate surface area is 92.8 Å². The quantitative estimate of drug-likeness (QED) is 0.759. The maximum Gasteiger partial charge on any atom is 0.0472 e. The highest BCUT2D eigenvalue weighted by Gasteiger charge is 2.16. The predicted molar refractivity (Wildman–Crippen MR) is 59.7 cm³/mol. The number of aromatic nitrogens is 1. The number of nitrogens with zero attached hydrogens (tertiary/aromatic N) is 1. The highest BCUT2D eigenvalue weighted by molar-refractivity contribution is 9.08. The lowest BCUT2D eigenvalue weighted by Crippen LogP contribution is -2.15. The molecule has 0 radical (unpaired) electrons. The summed E-state index contributed by atoms with van der Waals surface area (Å²) in [4.78, 5) is 4.43. The molecule has 14 heavy (non-hydrogen) atoms. The van der Waals surface area contributed by atoms with Gasteiger partial charge < -0.3 is 4.74 Å². The molecule has 1 aromatic rings. The van der Waals surface area contributed by atoms with Gasteiger partial charge >= 0.3 is 0 Å². The summed E-state index contributed by atoms with van der Waals surface area (Å²) < 4.78 is 5.34. The van der Waals surface area contributed by atoms with Crippen molar-refractivity contribution < 1.29 is 4.74 Å². The van der Waals surface area contributed by atoms with E-state index in [0.717, 1.165) is 31.4 Å². The number of alkyl halides is 1. The molecular formula is C11H14BrNO. The van der Waals surface area contributed by atoms with Crippen LogP contribution in [0.2, 0.25) is 0 Å². The lowest BCUT2D eigenvalue weighted by molar-refractivity contribution is 0.0845. The normalized spacial score (nSPS) is 18.4. The van der Waals surface area contributed by atoms with E-state index >= 15 is 0 Å². The van der Waals surface area contributed by atoms with Crippen molar-refractivity contribution in [2.45, 2.75) is 24.1 Å². The third-order valence-corrected chi connectivity index (χ3v) is 3.29. The van der Waals surface area contributed by atoms with Crippen LogP contribution < -0.4 is 0 Å². The molecule has 0 spiro atoms. The number of pyridine rings is 1. The summed E-state index contributed by atoms with van der Waals surface area (Å²) in [6.07, 6.45) is 4.12. The number of hydrogen-bond donors (Lipinski definition) is 0. The van der Waals surface area contributed by atoms with Crippen LogP contribution in [0.4, 0.5) is 0 Å². The number of hydrogen-bond acceptors (Lipinski definition) is 2. The fraction of sp³-hybridized carbons (Fsp3) is 0.545. The van der Waals surface area contributed by atoms with Crippen molar-refractivity contribution in [3.63, 3.8) is 0 Å². The number of ether oxygens (including phenoxy) is 1. The Balaban J connectivity index is 2.13. The van der Waals surface area contributed by atoms with Crippen LogP contribution >= 0.6 is 15.9 Å². The average molecular weight is 256 g/mol. The van der Waals surface area contributed by atoms with Crippen LogP contribution in [0.3, 0.4) is 0 Å². The van der Waals surface area contributed by atoms with Crippen LogP contribution in [0.25, 0.3) is 0 Å². The van der Waals surface area contributed by atoms with Gasteiger partial charge in [-0.25, -0.2) is 0 Å². The van der Waals surface area contributed by atoms with Gasteiger partial charge in [-0.05, 0) is 30.5 Å². The molecule has 1 saturated heterocycles.